The normalized spacial score (nSPS) is 13.1. The number of nitrogens with zero attached hydrogens (tertiary/aromatic N) is 3. The van der Waals surface area contributed by atoms with Gasteiger partial charge in [-0.1, -0.05) is 18.2 Å². The third-order valence-electron chi connectivity index (χ3n) is 5.13. The van der Waals surface area contributed by atoms with Crippen LogP contribution >= 0.6 is 0 Å². The molecule has 1 N–H and O–H groups in total. The first-order valence-electron chi connectivity index (χ1n) is 9.54. The fourth-order valence-electron chi connectivity index (χ4n) is 3.42. The molecule has 0 fully saturated rings. The second-order valence-electron chi connectivity index (χ2n) is 7.19. The van der Waals surface area contributed by atoms with Crippen LogP contribution in [0.4, 0.5) is 5.69 Å². The van der Waals surface area contributed by atoms with E-state index in [1.807, 2.05) is 42.1 Å². The summed E-state index contributed by atoms with van der Waals surface area (Å²) >= 11 is 0. The maximum Gasteiger partial charge on any atom is 0.272 e. The van der Waals surface area contributed by atoms with Crippen LogP contribution in [0.1, 0.15) is 48.2 Å². The number of benzene rings is 2. The molecule has 152 valence electrons. The van der Waals surface area contributed by atoms with Gasteiger partial charge in [0.1, 0.15) is 5.75 Å². The second-order valence-corrected chi connectivity index (χ2v) is 7.19. The van der Waals surface area contributed by atoms with Gasteiger partial charge in [-0.2, -0.15) is 5.10 Å². The van der Waals surface area contributed by atoms with E-state index in [4.69, 9.17) is 4.74 Å². The highest BCUT2D eigenvalue weighted by molar-refractivity contribution is 5.43. The molecule has 0 aliphatic heterocycles. The van der Waals surface area contributed by atoms with Crippen LogP contribution in [0.5, 0.6) is 5.75 Å². The van der Waals surface area contributed by atoms with Gasteiger partial charge >= 0.3 is 0 Å². The number of aryl methyl sites for hydroxylation is 1. The Morgan fingerprint density at radius 1 is 1.17 bits per heavy atom. The van der Waals surface area contributed by atoms with Crippen molar-refractivity contribution in [1.82, 2.24) is 15.1 Å². The molecule has 0 aliphatic rings. The van der Waals surface area contributed by atoms with E-state index >= 15 is 0 Å². The lowest BCUT2D eigenvalue weighted by Gasteiger charge is -2.22. The number of nitrogens with one attached hydrogen (secondary N) is 1. The smallest absolute Gasteiger partial charge is 0.272 e. The van der Waals surface area contributed by atoms with Crippen LogP contribution in [0.2, 0.25) is 0 Å². The van der Waals surface area contributed by atoms with Gasteiger partial charge in [-0.25, -0.2) is 0 Å². The Labute approximate surface area is 170 Å². The molecule has 0 saturated carbocycles. The van der Waals surface area contributed by atoms with Gasteiger partial charge in [-0.3, -0.25) is 14.8 Å². The Hall–Kier alpha value is -3.19. The van der Waals surface area contributed by atoms with Gasteiger partial charge < -0.3 is 10.1 Å². The Morgan fingerprint density at radius 2 is 1.86 bits per heavy atom. The molecule has 29 heavy (non-hydrogen) atoms. The van der Waals surface area contributed by atoms with Crippen LogP contribution in [0.15, 0.2) is 54.9 Å². The predicted molar refractivity (Wildman–Crippen MR) is 112 cm³/mol. The average Bonchev–Trinajstić information content (AvgIpc) is 3.21. The minimum atomic E-state index is -0.333. The molecule has 2 atom stereocenters. The van der Waals surface area contributed by atoms with Crippen molar-refractivity contribution in [2.24, 2.45) is 0 Å². The topological polar surface area (TPSA) is 82.2 Å². The number of rotatable bonds is 8. The van der Waals surface area contributed by atoms with Crippen molar-refractivity contribution in [2.75, 3.05) is 7.11 Å². The molecule has 0 radical (unpaired) electrons. The number of hydrogen-bond acceptors (Lipinski definition) is 5. The minimum Gasteiger partial charge on any atom is -0.496 e. The van der Waals surface area contributed by atoms with Gasteiger partial charge in [0.05, 0.1) is 18.6 Å². The molecule has 0 unspecified atom stereocenters. The van der Waals surface area contributed by atoms with Crippen molar-refractivity contribution in [3.63, 3.8) is 0 Å². The first-order chi connectivity index (χ1) is 13.9. The summed E-state index contributed by atoms with van der Waals surface area (Å²) in [5.41, 5.74) is 3.86. The SMILES string of the molecule is COc1ccc([C@H](C)N[C@@H](C)c2ccc(C)c([N+](=O)[O-])c2)cc1Cn1cccn1. The maximum absolute atomic E-state index is 11.2. The van der Waals surface area contributed by atoms with E-state index in [-0.39, 0.29) is 22.7 Å². The summed E-state index contributed by atoms with van der Waals surface area (Å²) in [6.45, 7) is 6.47. The maximum atomic E-state index is 11.2. The zero-order chi connectivity index (χ0) is 21.0. The lowest BCUT2D eigenvalue weighted by atomic mass is 10.0. The molecular formula is C22H26N4O3. The number of aromatic nitrogens is 2. The largest absolute Gasteiger partial charge is 0.496 e. The van der Waals surface area contributed by atoms with Gasteiger partial charge in [-0.05, 0) is 50.1 Å². The van der Waals surface area contributed by atoms with Crippen molar-refractivity contribution < 1.29 is 9.66 Å². The van der Waals surface area contributed by atoms with E-state index in [2.05, 4.69) is 23.4 Å². The van der Waals surface area contributed by atoms with Gasteiger partial charge in [0.25, 0.3) is 5.69 Å². The van der Waals surface area contributed by atoms with Crippen LogP contribution in [-0.4, -0.2) is 21.8 Å². The molecular weight excluding hydrogens is 368 g/mol. The lowest BCUT2D eigenvalue weighted by molar-refractivity contribution is -0.385. The van der Waals surface area contributed by atoms with Crippen LogP contribution in [-0.2, 0) is 6.54 Å². The molecule has 1 aromatic heterocycles. The van der Waals surface area contributed by atoms with Gasteiger partial charge in [-0.15, -0.1) is 0 Å². The Morgan fingerprint density at radius 3 is 2.48 bits per heavy atom. The molecule has 7 heteroatoms. The summed E-state index contributed by atoms with van der Waals surface area (Å²) in [5, 5.41) is 19.0. The summed E-state index contributed by atoms with van der Waals surface area (Å²) in [5.74, 6) is 0.818. The van der Waals surface area contributed by atoms with E-state index < -0.39 is 0 Å². The van der Waals surface area contributed by atoms with Crippen molar-refractivity contribution in [1.29, 1.82) is 0 Å². The van der Waals surface area contributed by atoms with E-state index in [1.165, 1.54) is 0 Å². The molecule has 0 aliphatic carbocycles. The number of nitro benzene ring substituents is 1. The second kappa shape index (κ2) is 8.87. The van der Waals surface area contributed by atoms with E-state index in [0.29, 0.717) is 12.1 Å². The van der Waals surface area contributed by atoms with Crippen LogP contribution in [0, 0.1) is 17.0 Å². The molecule has 1 heterocycles. The molecule has 7 nitrogen and oxygen atoms in total. The van der Waals surface area contributed by atoms with Crippen LogP contribution < -0.4 is 10.1 Å². The van der Waals surface area contributed by atoms with E-state index in [1.54, 1.807) is 32.4 Å². The Kier molecular flexibility index (Phi) is 6.29. The fourth-order valence-corrected chi connectivity index (χ4v) is 3.42. The molecule has 3 rings (SSSR count). The van der Waals surface area contributed by atoms with Gasteiger partial charge in [0.15, 0.2) is 0 Å². The monoisotopic (exact) mass is 394 g/mol. The van der Waals surface area contributed by atoms with Gasteiger partial charge in [0, 0.05) is 41.7 Å². The van der Waals surface area contributed by atoms with Gasteiger partial charge in [0.2, 0.25) is 0 Å². The fraction of sp³-hybridized carbons (Fsp3) is 0.318. The quantitative estimate of drug-likeness (QED) is 0.447. The first kappa shape index (κ1) is 20.5. The highest BCUT2D eigenvalue weighted by Gasteiger charge is 2.17. The van der Waals surface area contributed by atoms with Crippen molar-refractivity contribution in [3.8, 4) is 5.75 Å². The zero-order valence-electron chi connectivity index (χ0n) is 17.1. The third-order valence-corrected chi connectivity index (χ3v) is 5.13. The van der Waals surface area contributed by atoms with E-state index in [0.717, 1.165) is 22.4 Å². The summed E-state index contributed by atoms with van der Waals surface area (Å²) in [7, 11) is 1.66. The van der Waals surface area contributed by atoms with Crippen LogP contribution in [0.3, 0.4) is 0 Å². The predicted octanol–water partition coefficient (Wildman–Crippen LogP) is 4.57. The zero-order valence-corrected chi connectivity index (χ0v) is 17.1. The molecule has 2 aromatic carbocycles. The number of nitro groups is 1. The molecule has 0 amide bonds. The minimum absolute atomic E-state index is 0.0408. The highest BCUT2D eigenvalue weighted by atomic mass is 16.6. The average molecular weight is 394 g/mol. The van der Waals surface area contributed by atoms with Crippen LogP contribution in [0.25, 0.3) is 0 Å². The van der Waals surface area contributed by atoms with E-state index in [9.17, 15) is 10.1 Å². The number of methoxy groups -OCH3 is 1. The molecule has 0 bridgehead atoms. The first-order valence-corrected chi connectivity index (χ1v) is 9.54. The number of hydrogen-bond donors (Lipinski definition) is 1. The Balaban J connectivity index is 1.78. The molecule has 3 aromatic rings. The van der Waals surface area contributed by atoms with Crippen molar-refractivity contribution in [3.05, 3.63) is 87.2 Å². The summed E-state index contributed by atoms with van der Waals surface area (Å²) in [6, 6.07) is 13.4. The van der Waals surface area contributed by atoms with Crippen molar-refractivity contribution >= 4 is 5.69 Å². The molecule has 0 saturated heterocycles. The summed E-state index contributed by atoms with van der Waals surface area (Å²) < 4.78 is 7.36. The Bertz CT molecular complexity index is 986. The highest BCUT2D eigenvalue weighted by Crippen LogP contribution is 2.28. The van der Waals surface area contributed by atoms with Crippen molar-refractivity contribution in [2.45, 2.75) is 39.4 Å². The summed E-state index contributed by atoms with van der Waals surface area (Å²) in [6.07, 6.45) is 3.67. The third kappa shape index (κ3) is 4.81. The summed E-state index contributed by atoms with van der Waals surface area (Å²) in [4.78, 5) is 10.9. The number of ether oxygens (including phenoxy) is 1. The lowest BCUT2D eigenvalue weighted by Crippen LogP contribution is -2.23. The standard InChI is InChI=1S/C22H26N4O3/c1-15-6-7-19(13-21(15)26(27)28)17(3)24-16(2)18-8-9-22(29-4)20(12-18)14-25-11-5-10-23-25/h5-13,16-17,24H,14H2,1-4H3/t16-,17-/m0/s1. The molecule has 0 spiro atoms.